The number of benzene rings is 2. The molecule has 0 spiro atoms. The van der Waals surface area contributed by atoms with Gasteiger partial charge in [0, 0.05) is 24.4 Å². The van der Waals surface area contributed by atoms with Crippen molar-refractivity contribution in [1.82, 2.24) is 15.0 Å². The predicted molar refractivity (Wildman–Crippen MR) is 155 cm³/mol. The number of amides is 1. The number of nitrogens with zero attached hydrogens (tertiary/aromatic N) is 6. The monoisotopic (exact) mass is 620 g/mol. The molecule has 2 heterocycles. The number of ether oxygens (including phenoxy) is 3. The highest BCUT2D eigenvalue weighted by atomic mass is 19.1. The Morgan fingerprint density at radius 3 is 2.58 bits per heavy atom. The lowest BCUT2D eigenvalue weighted by atomic mass is 9.88. The normalized spacial score (nSPS) is 26.4. The molecule has 0 unspecified atom stereocenters. The molecule has 7 atom stereocenters. The zero-order chi connectivity index (χ0) is 32.2. The molecule has 0 bridgehead atoms. The van der Waals surface area contributed by atoms with E-state index in [0.29, 0.717) is 29.8 Å². The molecule has 2 aliphatic rings. The van der Waals surface area contributed by atoms with E-state index in [-0.39, 0.29) is 16.8 Å². The molecule has 0 radical (unpaired) electrons. The zero-order valence-corrected chi connectivity index (χ0v) is 24.7. The average Bonchev–Trinajstić information content (AvgIpc) is 3.55. The number of aromatic nitrogens is 3. The molecule has 1 aromatic heterocycles. The Kier molecular flexibility index (Phi) is 9.72. The van der Waals surface area contributed by atoms with E-state index in [1.807, 2.05) is 0 Å². The van der Waals surface area contributed by atoms with Gasteiger partial charge in [0.05, 0.1) is 49.3 Å². The Labute approximate surface area is 258 Å². The van der Waals surface area contributed by atoms with Crippen molar-refractivity contribution in [3.8, 4) is 29.1 Å². The smallest absolute Gasteiger partial charge is 0.259 e. The van der Waals surface area contributed by atoms with Crippen LogP contribution in [0.15, 0.2) is 42.6 Å². The Morgan fingerprint density at radius 1 is 1.16 bits per heavy atom. The number of methoxy groups -OCH3 is 2. The minimum absolute atomic E-state index is 0.136. The van der Waals surface area contributed by atoms with E-state index >= 15 is 0 Å². The average molecular weight is 621 g/mol. The third kappa shape index (κ3) is 6.24. The third-order valence-corrected chi connectivity index (χ3v) is 8.38. The summed E-state index contributed by atoms with van der Waals surface area (Å²) < 4.78 is 32.8. The Bertz CT molecular complexity index is 1620. The molecule has 3 N–H and O–H groups in total. The van der Waals surface area contributed by atoms with Crippen LogP contribution in [0.2, 0.25) is 0 Å². The second-order valence-electron chi connectivity index (χ2n) is 11.0. The number of aliphatic hydroxyl groups excluding tert-OH is 3. The number of rotatable bonds is 8. The largest absolute Gasteiger partial charge is 0.497 e. The van der Waals surface area contributed by atoms with E-state index < -0.39 is 60.9 Å². The Hall–Kier alpha value is -4.44. The van der Waals surface area contributed by atoms with Crippen molar-refractivity contribution < 1.29 is 38.7 Å². The van der Waals surface area contributed by atoms with E-state index in [1.165, 1.54) is 54.3 Å². The van der Waals surface area contributed by atoms with Gasteiger partial charge in [-0.2, -0.15) is 10.5 Å². The minimum atomic E-state index is -1.41. The highest BCUT2D eigenvalue weighted by Gasteiger charge is 2.52. The van der Waals surface area contributed by atoms with Crippen LogP contribution in [0.25, 0.3) is 11.3 Å². The van der Waals surface area contributed by atoms with Gasteiger partial charge in [0.25, 0.3) is 5.91 Å². The quantitative estimate of drug-likeness (QED) is 0.334. The van der Waals surface area contributed by atoms with Gasteiger partial charge in [0.1, 0.15) is 47.7 Å². The fourth-order valence-electron chi connectivity index (χ4n) is 6.10. The maximum atomic E-state index is 14.6. The van der Waals surface area contributed by atoms with E-state index in [2.05, 4.69) is 16.4 Å². The lowest BCUT2D eigenvalue weighted by molar-refractivity contribution is -0.211. The van der Waals surface area contributed by atoms with Gasteiger partial charge < -0.3 is 34.4 Å². The van der Waals surface area contributed by atoms with Crippen LogP contribution in [0.4, 0.5) is 10.1 Å². The van der Waals surface area contributed by atoms with Gasteiger partial charge in [-0.1, -0.05) is 24.1 Å². The molecule has 1 saturated carbocycles. The van der Waals surface area contributed by atoms with Crippen molar-refractivity contribution in [1.29, 1.82) is 10.5 Å². The van der Waals surface area contributed by atoms with E-state index in [1.54, 1.807) is 12.1 Å². The van der Waals surface area contributed by atoms with Crippen LogP contribution in [0.3, 0.4) is 0 Å². The van der Waals surface area contributed by atoms with Crippen molar-refractivity contribution in [3.05, 3.63) is 59.5 Å². The van der Waals surface area contributed by atoms with Crippen LogP contribution in [0, 0.1) is 28.5 Å². The molecule has 45 heavy (non-hydrogen) atoms. The van der Waals surface area contributed by atoms with E-state index in [0.717, 1.165) is 18.9 Å². The highest BCUT2D eigenvalue weighted by molar-refractivity contribution is 5.98. The molecule has 13 nitrogen and oxygen atoms in total. The number of nitriles is 2. The second kappa shape index (κ2) is 13.7. The molecule has 1 aliphatic carbocycles. The summed E-state index contributed by atoms with van der Waals surface area (Å²) in [5, 5.41) is 59.5. The van der Waals surface area contributed by atoms with Gasteiger partial charge in [-0.25, -0.2) is 9.07 Å². The lowest BCUT2D eigenvalue weighted by Gasteiger charge is -2.46. The first-order valence-corrected chi connectivity index (χ1v) is 14.4. The fourth-order valence-corrected chi connectivity index (χ4v) is 6.10. The maximum absolute atomic E-state index is 14.6. The van der Waals surface area contributed by atoms with Gasteiger partial charge in [-0.3, -0.25) is 4.79 Å². The number of carbonyl (C=O) groups excluding carboxylic acids is 1. The number of carbonyl (C=O) groups is 1. The van der Waals surface area contributed by atoms with Gasteiger partial charge in [0.15, 0.2) is 6.10 Å². The van der Waals surface area contributed by atoms with Gasteiger partial charge in [0.2, 0.25) is 0 Å². The van der Waals surface area contributed by atoms with Crippen molar-refractivity contribution in [3.63, 3.8) is 0 Å². The van der Waals surface area contributed by atoms with Crippen molar-refractivity contribution >= 4 is 11.6 Å². The summed E-state index contributed by atoms with van der Waals surface area (Å²) in [6, 6.07) is 10.6. The van der Waals surface area contributed by atoms with Crippen LogP contribution in [0.1, 0.15) is 42.9 Å². The van der Waals surface area contributed by atoms with Crippen LogP contribution in [-0.4, -0.2) is 93.6 Å². The van der Waals surface area contributed by atoms with Crippen LogP contribution in [0.5, 0.6) is 5.75 Å². The van der Waals surface area contributed by atoms with Gasteiger partial charge >= 0.3 is 0 Å². The number of aliphatic hydroxyl groups is 3. The molecule has 5 rings (SSSR count). The molecule has 3 aromatic rings. The first-order chi connectivity index (χ1) is 21.7. The van der Waals surface area contributed by atoms with E-state index in [4.69, 9.17) is 19.5 Å². The topological polar surface area (TPSA) is 187 Å². The predicted octanol–water partition coefficient (Wildman–Crippen LogP) is 1.85. The number of hydrogen-bond acceptors (Lipinski definition) is 11. The summed E-state index contributed by atoms with van der Waals surface area (Å²) in [6.45, 7) is -0.649. The first-order valence-electron chi connectivity index (χ1n) is 14.4. The molecule has 2 aromatic carbocycles. The Balaban J connectivity index is 1.56. The van der Waals surface area contributed by atoms with Crippen LogP contribution < -0.4 is 9.64 Å². The molecule has 1 saturated heterocycles. The number of hydrogen-bond donors (Lipinski definition) is 3. The van der Waals surface area contributed by atoms with E-state index in [9.17, 15) is 29.8 Å². The highest BCUT2D eigenvalue weighted by Crippen LogP contribution is 2.37. The fraction of sp³-hybridized carbons (Fsp3) is 0.452. The lowest BCUT2D eigenvalue weighted by Crippen LogP contribution is -2.63. The molecule has 1 amide bonds. The third-order valence-electron chi connectivity index (χ3n) is 8.38. The number of halogens is 1. The maximum Gasteiger partial charge on any atom is 0.259 e. The van der Waals surface area contributed by atoms with Crippen molar-refractivity contribution in [2.24, 2.45) is 0 Å². The first kappa shape index (κ1) is 32.0. The molecular weight excluding hydrogens is 587 g/mol. The summed E-state index contributed by atoms with van der Waals surface area (Å²) in [5.74, 6) is -1.04. The zero-order valence-electron chi connectivity index (χ0n) is 24.7. The second-order valence-corrected chi connectivity index (χ2v) is 11.0. The summed E-state index contributed by atoms with van der Waals surface area (Å²) in [4.78, 5) is 16.0. The van der Waals surface area contributed by atoms with Gasteiger partial charge in [-0.15, -0.1) is 5.10 Å². The summed E-state index contributed by atoms with van der Waals surface area (Å²) >= 11 is 0. The number of anilines is 1. The van der Waals surface area contributed by atoms with Crippen molar-refractivity contribution in [2.75, 3.05) is 25.7 Å². The molecule has 1 aliphatic heterocycles. The van der Waals surface area contributed by atoms with Crippen LogP contribution >= 0.6 is 0 Å². The summed E-state index contributed by atoms with van der Waals surface area (Å²) in [7, 11) is 2.77. The summed E-state index contributed by atoms with van der Waals surface area (Å²) in [5.41, 5.74) is 0.944. The Morgan fingerprint density at radius 2 is 1.93 bits per heavy atom. The SMILES string of the molecule is COc1cc(C#N)cc(N(C(=O)[C@@H]2O[C@H](CO)[C@H](O)[C@H](n3cc(-c4ccc(C#N)c(F)c4)nn3)[C@H]2OC)[C@H]2CCCC[C@@H]2O)c1. The molecular formula is C31H33FN6O7. The molecule has 2 fully saturated rings. The van der Waals surface area contributed by atoms with Crippen LogP contribution in [-0.2, 0) is 14.3 Å². The standard InChI is InChI=1S/C31H33FN6O7/c1-43-21-10-17(13-33)9-20(12-21)38(24-5-3-4-6-25(24)40)31(42)30-29(44-2)27(28(41)26(16-39)45-30)37-15-23(35-36-37)18-7-8-19(14-34)22(32)11-18/h7-12,15,24-30,39-41H,3-6,16H2,1-2H3/t24-,25-,26+,27-,28-,29+,30+/m0/s1. The minimum Gasteiger partial charge on any atom is -0.497 e. The van der Waals surface area contributed by atoms with Crippen molar-refractivity contribution in [2.45, 2.75) is 68.3 Å². The molecule has 236 valence electrons. The summed E-state index contributed by atoms with van der Waals surface area (Å²) in [6.07, 6.45) is -2.21. The molecule has 14 heteroatoms. The van der Waals surface area contributed by atoms with Gasteiger partial charge in [-0.05, 0) is 37.1 Å².